The second-order valence-electron chi connectivity index (χ2n) is 4.42. The van der Waals surface area contributed by atoms with Crippen molar-refractivity contribution in [2.75, 3.05) is 20.3 Å². The van der Waals surface area contributed by atoms with Gasteiger partial charge in [-0.25, -0.2) is 4.98 Å². The fourth-order valence-electron chi connectivity index (χ4n) is 1.73. The maximum Gasteiger partial charge on any atom is 0.251 e. The van der Waals surface area contributed by atoms with Gasteiger partial charge in [-0.1, -0.05) is 6.07 Å². The highest BCUT2D eigenvalue weighted by Crippen LogP contribution is 2.16. The number of amides is 1. The van der Waals surface area contributed by atoms with E-state index in [1.54, 1.807) is 36.6 Å². The molecular weight excluding hydrogens is 288 g/mol. The van der Waals surface area contributed by atoms with Crippen LogP contribution in [0.4, 0.5) is 0 Å². The lowest BCUT2D eigenvalue weighted by atomic mass is 10.2. The summed E-state index contributed by atoms with van der Waals surface area (Å²) < 4.78 is 10.6. The third kappa shape index (κ3) is 4.84. The first kappa shape index (κ1) is 15.5. The average Bonchev–Trinajstić information content (AvgIpc) is 2.91. The van der Waals surface area contributed by atoms with Gasteiger partial charge in [0, 0.05) is 24.6 Å². The zero-order valence-electron chi connectivity index (χ0n) is 12.1. The molecule has 0 radical (unpaired) electrons. The molecule has 1 aromatic carbocycles. The summed E-state index contributed by atoms with van der Waals surface area (Å²) in [4.78, 5) is 16.2. The number of nitrogens with zero attached hydrogens (tertiary/aromatic N) is 1. The minimum Gasteiger partial charge on any atom is -0.487 e. The van der Waals surface area contributed by atoms with Crippen molar-refractivity contribution in [3.05, 3.63) is 45.9 Å². The van der Waals surface area contributed by atoms with Gasteiger partial charge in [-0.3, -0.25) is 4.79 Å². The van der Waals surface area contributed by atoms with E-state index in [-0.39, 0.29) is 5.91 Å². The Morgan fingerprint density at radius 1 is 1.43 bits per heavy atom. The number of thiazole rings is 1. The second-order valence-corrected chi connectivity index (χ2v) is 5.49. The van der Waals surface area contributed by atoms with E-state index < -0.39 is 0 Å². The Morgan fingerprint density at radius 2 is 2.29 bits per heavy atom. The SMILES string of the molecule is COCCNC(=O)c1cccc(OCc2csc(C)n2)c1. The minimum absolute atomic E-state index is 0.137. The Morgan fingerprint density at radius 3 is 3.00 bits per heavy atom. The van der Waals surface area contributed by atoms with Gasteiger partial charge in [0.05, 0.1) is 17.3 Å². The van der Waals surface area contributed by atoms with E-state index in [2.05, 4.69) is 10.3 Å². The Bertz CT molecular complexity index is 598. The molecule has 2 rings (SSSR count). The number of hydrogen-bond acceptors (Lipinski definition) is 5. The van der Waals surface area contributed by atoms with Crippen LogP contribution >= 0.6 is 11.3 Å². The van der Waals surface area contributed by atoms with Crippen molar-refractivity contribution in [3.8, 4) is 5.75 Å². The van der Waals surface area contributed by atoms with Gasteiger partial charge in [0.1, 0.15) is 12.4 Å². The van der Waals surface area contributed by atoms with Gasteiger partial charge >= 0.3 is 0 Å². The van der Waals surface area contributed by atoms with Crippen molar-refractivity contribution < 1.29 is 14.3 Å². The molecule has 1 aromatic heterocycles. The van der Waals surface area contributed by atoms with Crippen molar-refractivity contribution in [1.29, 1.82) is 0 Å². The smallest absolute Gasteiger partial charge is 0.251 e. The fourth-order valence-corrected chi connectivity index (χ4v) is 2.32. The summed E-state index contributed by atoms with van der Waals surface area (Å²) in [5, 5.41) is 5.76. The van der Waals surface area contributed by atoms with Gasteiger partial charge in [0.2, 0.25) is 0 Å². The highest BCUT2D eigenvalue weighted by molar-refractivity contribution is 7.09. The molecule has 5 nitrogen and oxygen atoms in total. The normalized spacial score (nSPS) is 10.4. The predicted molar refractivity (Wildman–Crippen MR) is 81.8 cm³/mol. The van der Waals surface area contributed by atoms with Gasteiger partial charge in [-0.05, 0) is 25.1 Å². The van der Waals surface area contributed by atoms with E-state index in [9.17, 15) is 4.79 Å². The maximum atomic E-state index is 11.9. The molecule has 0 fully saturated rings. The molecule has 0 bridgehead atoms. The molecule has 0 aliphatic heterocycles. The molecule has 2 aromatic rings. The summed E-state index contributed by atoms with van der Waals surface area (Å²) in [5.41, 5.74) is 1.46. The Balaban J connectivity index is 1.92. The zero-order valence-corrected chi connectivity index (χ0v) is 12.9. The number of rotatable bonds is 7. The van der Waals surface area contributed by atoms with Crippen LogP contribution in [0.15, 0.2) is 29.6 Å². The number of carbonyl (C=O) groups is 1. The number of methoxy groups -OCH3 is 1. The quantitative estimate of drug-likeness (QED) is 0.798. The van der Waals surface area contributed by atoms with E-state index >= 15 is 0 Å². The van der Waals surface area contributed by atoms with Crippen LogP contribution in [0.3, 0.4) is 0 Å². The first-order chi connectivity index (χ1) is 10.2. The van der Waals surface area contributed by atoms with Crippen LogP contribution in [-0.4, -0.2) is 31.2 Å². The third-order valence-electron chi connectivity index (χ3n) is 2.74. The molecule has 1 heterocycles. The third-order valence-corrected chi connectivity index (χ3v) is 3.56. The predicted octanol–water partition coefficient (Wildman–Crippen LogP) is 2.41. The van der Waals surface area contributed by atoms with Crippen molar-refractivity contribution in [2.45, 2.75) is 13.5 Å². The van der Waals surface area contributed by atoms with Gasteiger partial charge in [-0.15, -0.1) is 11.3 Å². The van der Waals surface area contributed by atoms with E-state index in [0.29, 0.717) is 31.1 Å². The van der Waals surface area contributed by atoms with Crippen LogP contribution < -0.4 is 10.1 Å². The number of aryl methyl sites for hydroxylation is 1. The zero-order chi connectivity index (χ0) is 15.1. The standard InChI is InChI=1S/C15H18N2O3S/c1-11-17-13(10-21-11)9-20-14-5-3-4-12(8-14)15(18)16-6-7-19-2/h3-5,8,10H,6-7,9H2,1-2H3,(H,16,18). The topological polar surface area (TPSA) is 60.5 Å². The van der Waals surface area contributed by atoms with Crippen LogP contribution in [0.5, 0.6) is 5.75 Å². The average molecular weight is 306 g/mol. The summed E-state index contributed by atoms with van der Waals surface area (Å²) in [6.07, 6.45) is 0. The fraction of sp³-hybridized carbons (Fsp3) is 0.333. The lowest BCUT2D eigenvalue weighted by Crippen LogP contribution is -2.26. The highest BCUT2D eigenvalue weighted by Gasteiger charge is 2.06. The lowest BCUT2D eigenvalue weighted by Gasteiger charge is -2.07. The molecule has 0 unspecified atom stereocenters. The molecule has 0 aliphatic carbocycles. The van der Waals surface area contributed by atoms with Crippen LogP contribution in [0.25, 0.3) is 0 Å². The number of hydrogen-bond donors (Lipinski definition) is 1. The number of carbonyl (C=O) groups excluding carboxylic acids is 1. The molecule has 21 heavy (non-hydrogen) atoms. The van der Waals surface area contributed by atoms with Gasteiger partial charge < -0.3 is 14.8 Å². The van der Waals surface area contributed by atoms with E-state index in [0.717, 1.165) is 10.7 Å². The number of benzene rings is 1. The Kier molecular flexibility index (Phi) is 5.71. The number of aromatic nitrogens is 1. The van der Waals surface area contributed by atoms with E-state index in [1.807, 2.05) is 18.4 Å². The molecule has 0 atom stereocenters. The van der Waals surface area contributed by atoms with Crippen molar-refractivity contribution in [1.82, 2.24) is 10.3 Å². The second kappa shape index (κ2) is 7.75. The molecule has 0 spiro atoms. The Hall–Kier alpha value is -1.92. The molecule has 1 N–H and O–H groups in total. The minimum atomic E-state index is -0.137. The molecule has 6 heteroatoms. The molecule has 0 aliphatic rings. The van der Waals surface area contributed by atoms with Crippen LogP contribution in [0, 0.1) is 6.92 Å². The van der Waals surface area contributed by atoms with E-state index in [1.165, 1.54) is 0 Å². The van der Waals surface area contributed by atoms with Crippen LogP contribution in [0.1, 0.15) is 21.1 Å². The van der Waals surface area contributed by atoms with Crippen molar-refractivity contribution in [2.24, 2.45) is 0 Å². The molecule has 112 valence electrons. The van der Waals surface area contributed by atoms with Crippen LogP contribution in [0.2, 0.25) is 0 Å². The first-order valence-electron chi connectivity index (χ1n) is 6.60. The largest absolute Gasteiger partial charge is 0.487 e. The number of nitrogens with one attached hydrogen (secondary N) is 1. The molecular formula is C15H18N2O3S. The molecule has 0 saturated heterocycles. The summed E-state index contributed by atoms with van der Waals surface area (Å²) in [6.45, 7) is 3.34. The first-order valence-corrected chi connectivity index (χ1v) is 7.48. The van der Waals surface area contributed by atoms with Gasteiger partial charge in [0.15, 0.2) is 0 Å². The van der Waals surface area contributed by atoms with Gasteiger partial charge in [0.25, 0.3) is 5.91 Å². The highest BCUT2D eigenvalue weighted by atomic mass is 32.1. The summed E-state index contributed by atoms with van der Waals surface area (Å²) in [6, 6.07) is 7.10. The van der Waals surface area contributed by atoms with Crippen molar-refractivity contribution >= 4 is 17.2 Å². The van der Waals surface area contributed by atoms with Crippen molar-refractivity contribution in [3.63, 3.8) is 0 Å². The van der Waals surface area contributed by atoms with Gasteiger partial charge in [-0.2, -0.15) is 0 Å². The molecule has 0 saturated carbocycles. The summed E-state index contributed by atoms with van der Waals surface area (Å²) in [5.74, 6) is 0.516. The Labute approximate surface area is 127 Å². The monoisotopic (exact) mass is 306 g/mol. The van der Waals surface area contributed by atoms with E-state index in [4.69, 9.17) is 9.47 Å². The number of ether oxygens (including phenoxy) is 2. The molecule has 1 amide bonds. The summed E-state index contributed by atoms with van der Waals surface area (Å²) >= 11 is 1.59. The maximum absolute atomic E-state index is 11.9. The lowest BCUT2D eigenvalue weighted by molar-refractivity contribution is 0.0936. The summed E-state index contributed by atoms with van der Waals surface area (Å²) in [7, 11) is 1.60. The van der Waals surface area contributed by atoms with Crippen LogP contribution in [-0.2, 0) is 11.3 Å².